The van der Waals surface area contributed by atoms with Crippen molar-refractivity contribution in [3.63, 3.8) is 0 Å². The van der Waals surface area contributed by atoms with Gasteiger partial charge < -0.3 is 15.2 Å². The first kappa shape index (κ1) is 15.0. The van der Waals surface area contributed by atoms with Crippen LogP contribution in [0.4, 0.5) is 5.69 Å². The zero-order valence-corrected chi connectivity index (χ0v) is 12.7. The van der Waals surface area contributed by atoms with E-state index in [4.69, 9.17) is 0 Å². The van der Waals surface area contributed by atoms with E-state index in [1.165, 1.54) is 0 Å². The van der Waals surface area contributed by atoms with Gasteiger partial charge in [-0.3, -0.25) is 4.79 Å². The number of aromatic nitrogens is 3. The number of amides is 1. The van der Waals surface area contributed by atoms with Gasteiger partial charge in [0, 0.05) is 24.3 Å². The highest BCUT2D eigenvalue weighted by Gasteiger charge is 2.11. The predicted molar refractivity (Wildman–Crippen MR) is 82.2 cm³/mol. The molecule has 2 N–H and O–H groups in total. The van der Waals surface area contributed by atoms with Crippen molar-refractivity contribution in [1.82, 2.24) is 20.1 Å². The van der Waals surface area contributed by atoms with Gasteiger partial charge in [-0.15, -0.1) is 10.2 Å². The summed E-state index contributed by atoms with van der Waals surface area (Å²) in [5.41, 5.74) is 2.65. The molecule has 2 rings (SSSR count). The molecule has 1 aromatic carbocycles. The van der Waals surface area contributed by atoms with Crippen molar-refractivity contribution in [2.75, 3.05) is 11.9 Å². The quantitative estimate of drug-likeness (QED) is 0.852. The van der Waals surface area contributed by atoms with Gasteiger partial charge in [0.2, 0.25) is 0 Å². The predicted octanol–water partition coefficient (Wildman–Crippen LogP) is 1.97. The minimum Gasteiger partial charge on any atom is -0.385 e. The van der Waals surface area contributed by atoms with Gasteiger partial charge in [-0.05, 0) is 44.5 Å². The molecule has 0 aliphatic carbocycles. The normalized spacial score (nSPS) is 10.4. The van der Waals surface area contributed by atoms with Crippen LogP contribution in [0.3, 0.4) is 0 Å². The average molecular weight is 287 g/mol. The van der Waals surface area contributed by atoms with E-state index in [9.17, 15) is 4.79 Å². The molecule has 2 aromatic rings. The standard InChI is InChI=1S/C15H21N5O/c1-4-16-12-6-7-13(11(3)8-12)15(21)17-9-14-19-18-10-20(14)5-2/h6-8,10,16H,4-5,9H2,1-3H3,(H,17,21). The van der Waals surface area contributed by atoms with E-state index in [2.05, 4.69) is 20.8 Å². The molecule has 0 aliphatic rings. The molecule has 0 unspecified atom stereocenters. The molecule has 1 amide bonds. The molecule has 0 saturated heterocycles. The van der Waals surface area contributed by atoms with Crippen LogP contribution in [-0.4, -0.2) is 27.2 Å². The summed E-state index contributed by atoms with van der Waals surface area (Å²) in [5.74, 6) is 0.661. The van der Waals surface area contributed by atoms with Gasteiger partial charge in [-0.2, -0.15) is 0 Å². The third kappa shape index (κ3) is 3.59. The molecule has 6 heteroatoms. The lowest BCUT2D eigenvalue weighted by atomic mass is 10.1. The van der Waals surface area contributed by atoms with E-state index in [1.807, 2.05) is 43.5 Å². The second-order valence-electron chi connectivity index (χ2n) is 4.78. The van der Waals surface area contributed by atoms with Crippen molar-refractivity contribution in [2.45, 2.75) is 33.9 Å². The first-order valence-electron chi connectivity index (χ1n) is 7.15. The van der Waals surface area contributed by atoms with Crippen LogP contribution < -0.4 is 10.6 Å². The fourth-order valence-electron chi connectivity index (χ4n) is 2.17. The van der Waals surface area contributed by atoms with Crippen molar-refractivity contribution in [2.24, 2.45) is 0 Å². The summed E-state index contributed by atoms with van der Waals surface area (Å²) in [7, 11) is 0. The Morgan fingerprint density at radius 1 is 1.33 bits per heavy atom. The van der Waals surface area contributed by atoms with Crippen molar-refractivity contribution >= 4 is 11.6 Å². The Hall–Kier alpha value is -2.37. The van der Waals surface area contributed by atoms with Crippen molar-refractivity contribution in [3.05, 3.63) is 41.5 Å². The molecule has 0 bridgehead atoms. The molecule has 112 valence electrons. The highest BCUT2D eigenvalue weighted by molar-refractivity contribution is 5.95. The summed E-state index contributed by atoms with van der Waals surface area (Å²) < 4.78 is 1.90. The van der Waals surface area contributed by atoms with Crippen LogP contribution >= 0.6 is 0 Å². The van der Waals surface area contributed by atoms with Crippen molar-refractivity contribution in [3.8, 4) is 0 Å². The summed E-state index contributed by atoms with van der Waals surface area (Å²) in [6.45, 7) is 8.01. The van der Waals surface area contributed by atoms with E-state index in [0.29, 0.717) is 12.1 Å². The summed E-state index contributed by atoms with van der Waals surface area (Å²) in [4.78, 5) is 12.2. The van der Waals surface area contributed by atoms with Gasteiger partial charge in [0.05, 0.1) is 6.54 Å². The average Bonchev–Trinajstić information content (AvgIpc) is 2.92. The molecule has 0 aliphatic heterocycles. The fraction of sp³-hybridized carbons (Fsp3) is 0.400. The van der Waals surface area contributed by atoms with Crippen LogP contribution in [0.15, 0.2) is 24.5 Å². The molecule has 6 nitrogen and oxygen atoms in total. The third-order valence-corrected chi connectivity index (χ3v) is 3.30. The summed E-state index contributed by atoms with van der Waals surface area (Å²) in [6.07, 6.45) is 1.66. The van der Waals surface area contributed by atoms with Crippen LogP contribution in [0.2, 0.25) is 0 Å². The van der Waals surface area contributed by atoms with Crippen LogP contribution in [0, 0.1) is 6.92 Å². The minimum atomic E-state index is -0.0961. The van der Waals surface area contributed by atoms with E-state index in [1.54, 1.807) is 6.33 Å². The summed E-state index contributed by atoms with van der Waals surface area (Å²) in [5, 5.41) is 14.0. The number of hydrogen-bond donors (Lipinski definition) is 2. The van der Waals surface area contributed by atoms with Crippen molar-refractivity contribution in [1.29, 1.82) is 0 Å². The Morgan fingerprint density at radius 2 is 2.14 bits per heavy atom. The zero-order valence-electron chi connectivity index (χ0n) is 12.7. The third-order valence-electron chi connectivity index (χ3n) is 3.30. The van der Waals surface area contributed by atoms with E-state index < -0.39 is 0 Å². The first-order chi connectivity index (χ1) is 10.2. The number of rotatable bonds is 6. The van der Waals surface area contributed by atoms with E-state index in [-0.39, 0.29) is 5.91 Å². The second-order valence-corrected chi connectivity index (χ2v) is 4.78. The lowest BCUT2D eigenvalue weighted by Gasteiger charge is -2.10. The number of benzene rings is 1. The number of nitrogens with zero attached hydrogens (tertiary/aromatic N) is 3. The van der Waals surface area contributed by atoms with Gasteiger partial charge in [0.1, 0.15) is 6.33 Å². The molecule has 0 atom stereocenters. The molecule has 0 fully saturated rings. The largest absolute Gasteiger partial charge is 0.385 e. The van der Waals surface area contributed by atoms with Crippen LogP contribution in [0.25, 0.3) is 0 Å². The van der Waals surface area contributed by atoms with E-state index in [0.717, 1.165) is 30.2 Å². The van der Waals surface area contributed by atoms with Gasteiger partial charge in [-0.25, -0.2) is 0 Å². The van der Waals surface area contributed by atoms with Gasteiger partial charge >= 0.3 is 0 Å². The minimum absolute atomic E-state index is 0.0961. The number of carbonyl (C=O) groups is 1. The molecule has 0 spiro atoms. The lowest BCUT2D eigenvalue weighted by molar-refractivity contribution is 0.0949. The second kappa shape index (κ2) is 6.88. The lowest BCUT2D eigenvalue weighted by Crippen LogP contribution is -2.25. The highest BCUT2D eigenvalue weighted by Crippen LogP contribution is 2.15. The maximum Gasteiger partial charge on any atom is 0.251 e. The topological polar surface area (TPSA) is 71.8 Å². The van der Waals surface area contributed by atoms with E-state index >= 15 is 0 Å². The molecule has 1 aromatic heterocycles. The Morgan fingerprint density at radius 3 is 2.81 bits per heavy atom. The summed E-state index contributed by atoms with van der Waals surface area (Å²) >= 11 is 0. The van der Waals surface area contributed by atoms with Crippen LogP contribution in [0.5, 0.6) is 0 Å². The number of hydrogen-bond acceptors (Lipinski definition) is 4. The molecule has 1 heterocycles. The monoisotopic (exact) mass is 287 g/mol. The van der Waals surface area contributed by atoms with Crippen molar-refractivity contribution < 1.29 is 4.79 Å². The zero-order chi connectivity index (χ0) is 15.2. The molecular formula is C15H21N5O. The van der Waals surface area contributed by atoms with Gasteiger partial charge in [0.25, 0.3) is 5.91 Å². The number of anilines is 1. The fourth-order valence-corrected chi connectivity index (χ4v) is 2.17. The maximum atomic E-state index is 12.2. The molecule has 21 heavy (non-hydrogen) atoms. The maximum absolute atomic E-state index is 12.2. The van der Waals surface area contributed by atoms with Crippen LogP contribution in [-0.2, 0) is 13.1 Å². The Kier molecular flexibility index (Phi) is 4.92. The Balaban J connectivity index is 2.03. The SMILES string of the molecule is CCNc1ccc(C(=O)NCc2nncn2CC)c(C)c1. The number of carbonyl (C=O) groups excluding carboxylic acids is 1. The Bertz CT molecular complexity index is 620. The number of aryl methyl sites for hydroxylation is 2. The molecular weight excluding hydrogens is 266 g/mol. The first-order valence-corrected chi connectivity index (χ1v) is 7.15. The van der Waals surface area contributed by atoms with Crippen LogP contribution in [0.1, 0.15) is 35.6 Å². The smallest absolute Gasteiger partial charge is 0.251 e. The molecule has 0 radical (unpaired) electrons. The number of nitrogens with one attached hydrogen (secondary N) is 2. The van der Waals surface area contributed by atoms with Gasteiger partial charge in [-0.1, -0.05) is 0 Å². The highest BCUT2D eigenvalue weighted by atomic mass is 16.1. The molecule has 0 saturated carbocycles. The Labute approximate surface area is 124 Å². The van der Waals surface area contributed by atoms with Gasteiger partial charge in [0.15, 0.2) is 5.82 Å². The summed E-state index contributed by atoms with van der Waals surface area (Å²) in [6, 6.07) is 5.74.